The molecule has 1 saturated carbocycles. The summed E-state index contributed by atoms with van der Waals surface area (Å²) >= 11 is 1.40. The molecule has 4 rings (SSSR count). The lowest BCUT2D eigenvalue weighted by Gasteiger charge is -2.06. The number of nitrogens with one attached hydrogen (secondary N) is 2. The first-order valence-electron chi connectivity index (χ1n) is 7.36. The molecule has 0 atom stereocenters. The van der Waals surface area contributed by atoms with Crippen molar-refractivity contribution in [3.05, 3.63) is 38.8 Å². The van der Waals surface area contributed by atoms with Crippen LogP contribution in [-0.4, -0.2) is 25.7 Å². The van der Waals surface area contributed by atoms with Crippen LogP contribution in [-0.2, 0) is 7.05 Å². The zero-order valence-electron chi connectivity index (χ0n) is 12.7. The molecule has 3 aromatic heterocycles. The van der Waals surface area contributed by atoms with Gasteiger partial charge in [-0.2, -0.15) is 0 Å². The standard InChI is InChI=1S/C15H15N5O2S/c1-7-6-16-15(23-7)18-13(21)9-5-10(8-3-4-8)17-12-11(9)14(22)19-20(12)2/h5-6,8H,3-4H2,1-2H3,(H,19,22)(H,16,18,21). The molecule has 1 aliphatic rings. The third-order valence-electron chi connectivity index (χ3n) is 3.92. The average molecular weight is 329 g/mol. The number of pyridine rings is 1. The summed E-state index contributed by atoms with van der Waals surface area (Å²) in [6.07, 6.45) is 3.85. The molecule has 1 aliphatic carbocycles. The summed E-state index contributed by atoms with van der Waals surface area (Å²) in [6, 6.07) is 1.74. The lowest BCUT2D eigenvalue weighted by atomic mass is 10.1. The lowest BCUT2D eigenvalue weighted by Crippen LogP contribution is -2.15. The van der Waals surface area contributed by atoms with Crippen molar-refractivity contribution in [2.24, 2.45) is 7.05 Å². The van der Waals surface area contributed by atoms with Crippen LogP contribution in [0.1, 0.15) is 39.7 Å². The second kappa shape index (κ2) is 5.02. The van der Waals surface area contributed by atoms with Gasteiger partial charge in [-0.15, -0.1) is 11.3 Å². The van der Waals surface area contributed by atoms with Crippen molar-refractivity contribution in [3.63, 3.8) is 0 Å². The predicted octanol–water partition coefficient (Wildman–Crippen LogP) is 2.16. The molecule has 2 N–H and O–H groups in total. The van der Waals surface area contributed by atoms with E-state index in [2.05, 4.69) is 20.4 Å². The summed E-state index contributed by atoms with van der Waals surface area (Å²) in [5, 5.41) is 6.29. The fraction of sp³-hybridized carbons (Fsp3) is 0.333. The van der Waals surface area contributed by atoms with Gasteiger partial charge in [0.05, 0.1) is 10.9 Å². The molecule has 0 bridgehead atoms. The minimum Gasteiger partial charge on any atom is -0.298 e. The largest absolute Gasteiger partial charge is 0.298 e. The fourth-order valence-electron chi connectivity index (χ4n) is 2.62. The Kier molecular flexibility index (Phi) is 3.08. The van der Waals surface area contributed by atoms with Gasteiger partial charge in [0.2, 0.25) is 0 Å². The van der Waals surface area contributed by atoms with Crippen LogP contribution in [0.4, 0.5) is 5.13 Å². The van der Waals surface area contributed by atoms with E-state index >= 15 is 0 Å². The van der Waals surface area contributed by atoms with Gasteiger partial charge in [0.15, 0.2) is 10.8 Å². The Bertz CT molecular complexity index is 980. The monoisotopic (exact) mass is 329 g/mol. The average Bonchev–Trinajstić information content (AvgIpc) is 3.23. The van der Waals surface area contributed by atoms with Crippen molar-refractivity contribution in [1.82, 2.24) is 19.7 Å². The number of hydrogen-bond donors (Lipinski definition) is 2. The lowest BCUT2D eigenvalue weighted by molar-refractivity contribution is 0.102. The number of aromatic amines is 1. The van der Waals surface area contributed by atoms with Crippen LogP contribution in [0.3, 0.4) is 0 Å². The number of hydrogen-bond acceptors (Lipinski definition) is 5. The number of carbonyl (C=O) groups excluding carboxylic acids is 1. The van der Waals surface area contributed by atoms with E-state index < -0.39 is 0 Å². The van der Waals surface area contributed by atoms with Crippen molar-refractivity contribution in [2.75, 3.05) is 5.32 Å². The van der Waals surface area contributed by atoms with Gasteiger partial charge in [-0.25, -0.2) is 9.97 Å². The Morgan fingerprint density at radius 1 is 1.48 bits per heavy atom. The van der Waals surface area contributed by atoms with Crippen LogP contribution < -0.4 is 10.9 Å². The van der Waals surface area contributed by atoms with E-state index in [4.69, 9.17) is 0 Å². The van der Waals surface area contributed by atoms with Gasteiger partial charge >= 0.3 is 0 Å². The highest BCUT2D eigenvalue weighted by atomic mass is 32.1. The number of anilines is 1. The van der Waals surface area contributed by atoms with Gasteiger partial charge < -0.3 is 0 Å². The van der Waals surface area contributed by atoms with Crippen LogP contribution in [0, 0.1) is 6.92 Å². The van der Waals surface area contributed by atoms with Crippen LogP contribution >= 0.6 is 11.3 Å². The van der Waals surface area contributed by atoms with Crippen molar-refractivity contribution >= 4 is 33.4 Å². The normalized spacial score (nSPS) is 14.3. The van der Waals surface area contributed by atoms with E-state index in [1.54, 1.807) is 24.0 Å². The highest BCUT2D eigenvalue weighted by Gasteiger charge is 2.28. The van der Waals surface area contributed by atoms with Crippen molar-refractivity contribution < 1.29 is 4.79 Å². The fourth-order valence-corrected chi connectivity index (χ4v) is 3.28. The topological polar surface area (TPSA) is 92.7 Å². The van der Waals surface area contributed by atoms with Crippen LogP contribution in [0.25, 0.3) is 11.0 Å². The third kappa shape index (κ3) is 2.44. The Labute approximate surface area is 135 Å². The van der Waals surface area contributed by atoms with Gasteiger partial charge in [-0.1, -0.05) is 0 Å². The summed E-state index contributed by atoms with van der Waals surface area (Å²) in [5.74, 6) is 0.0587. The SMILES string of the molecule is Cc1cnc(NC(=O)c2cc(C3CC3)nc3c2c(=O)[nH]n3C)s1. The molecule has 0 saturated heterocycles. The molecule has 0 spiro atoms. The van der Waals surface area contributed by atoms with Crippen molar-refractivity contribution in [2.45, 2.75) is 25.7 Å². The third-order valence-corrected chi connectivity index (χ3v) is 4.74. The number of amides is 1. The predicted molar refractivity (Wildman–Crippen MR) is 88.1 cm³/mol. The number of aryl methyl sites for hydroxylation is 2. The molecular formula is C15H15N5O2S. The van der Waals surface area contributed by atoms with Crippen LogP contribution in [0.15, 0.2) is 17.1 Å². The minimum absolute atomic E-state index is 0.308. The molecule has 118 valence electrons. The molecular weight excluding hydrogens is 314 g/mol. The molecule has 1 fully saturated rings. The first kappa shape index (κ1) is 14.1. The number of aromatic nitrogens is 4. The number of nitrogens with zero attached hydrogens (tertiary/aromatic N) is 3. The zero-order valence-corrected chi connectivity index (χ0v) is 13.5. The zero-order chi connectivity index (χ0) is 16.1. The number of rotatable bonds is 3. The Balaban J connectivity index is 1.83. The van der Waals surface area contributed by atoms with Gasteiger partial charge in [0, 0.05) is 29.7 Å². The highest BCUT2D eigenvalue weighted by Crippen LogP contribution is 2.40. The van der Waals surface area contributed by atoms with E-state index in [1.165, 1.54) is 11.3 Å². The Morgan fingerprint density at radius 2 is 2.26 bits per heavy atom. The van der Waals surface area contributed by atoms with Crippen LogP contribution in [0.5, 0.6) is 0 Å². The molecule has 0 aromatic carbocycles. The molecule has 23 heavy (non-hydrogen) atoms. The summed E-state index contributed by atoms with van der Waals surface area (Å²) in [6.45, 7) is 1.92. The molecule has 0 aliphatic heterocycles. The summed E-state index contributed by atoms with van der Waals surface area (Å²) < 4.78 is 1.56. The molecule has 8 heteroatoms. The van der Waals surface area contributed by atoms with Gasteiger partial charge in [0.25, 0.3) is 11.5 Å². The molecule has 0 unspecified atom stereocenters. The number of fused-ring (bicyclic) bond motifs is 1. The molecule has 7 nitrogen and oxygen atoms in total. The second-order valence-electron chi connectivity index (χ2n) is 5.80. The van der Waals surface area contributed by atoms with E-state index in [1.807, 2.05) is 6.92 Å². The quantitative estimate of drug-likeness (QED) is 0.770. The maximum Gasteiger partial charge on any atom is 0.274 e. The van der Waals surface area contributed by atoms with Gasteiger partial charge in [-0.05, 0) is 25.8 Å². The Morgan fingerprint density at radius 3 is 2.91 bits per heavy atom. The molecule has 3 aromatic rings. The summed E-state index contributed by atoms with van der Waals surface area (Å²) in [4.78, 5) is 34.5. The van der Waals surface area contributed by atoms with E-state index in [-0.39, 0.29) is 11.5 Å². The number of carbonyl (C=O) groups is 1. The second-order valence-corrected chi connectivity index (χ2v) is 7.03. The first-order valence-corrected chi connectivity index (χ1v) is 8.18. The Hall–Kier alpha value is -2.48. The summed E-state index contributed by atoms with van der Waals surface area (Å²) in [7, 11) is 1.72. The first-order chi connectivity index (χ1) is 11.0. The van der Waals surface area contributed by atoms with Crippen LogP contribution in [0.2, 0.25) is 0 Å². The van der Waals surface area contributed by atoms with E-state index in [0.717, 1.165) is 23.4 Å². The van der Waals surface area contributed by atoms with Crippen molar-refractivity contribution in [3.8, 4) is 0 Å². The minimum atomic E-state index is -0.328. The number of thiazole rings is 1. The smallest absolute Gasteiger partial charge is 0.274 e. The summed E-state index contributed by atoms with van der Waals surface area (Å²) in [5.41, 5.74) is 1.43. The maximum atomic E-state index is 12.7. The van der Waals surface area contributed by atoms with Gasteiger partial charge in [0.1, 0.15) is 0 Å². The molecule has 1 amide bonds. The molecule has 3 heterocycles. The van der Waals surface area contributed by atoms with Crippen molar-refractivity contribution in [1.29, 1.82) is 0 Å². The maximum absolute atomic E-state index is 12.7. The highest BCUT2D eigenvalue weighted by molar-refractivity contribution is 7.15. The van der Waals surface area contributed by atoms with Gasteiger partial charge in [-0.3, -0.25) is 24.7 Å². The van der Waals surface area contributed by atoms with E-state index in [9.17, 15) is 9.59 Å². The van der Waals surface area contributed by atoms with E-state index in [0.29, 0.717) is 27.6 Å². The number of H-pyrrole nitrogens is 1. The molecule has 0 radical (unpaired) electrons.